The first-order chi connectivity index (χ1) is 11.1. The van der Waals surface area contributed by atoms with E-state index >= 15 is 0 Å². The fourth-order valence-electron chi connectivity index (χ4n) is 1.82. The summed E-state index contributed by atoms with van der Waals surface area (Å²) >= 11 is 0. The Balaban J connectivity index is 2.05. The van der Waals surface area contributed by atoms with Crippen molar-refractivity contribution in [2.24, 2.45) is 5.10 Å². The van der Waals surface area contributed by atoms with Gasteiger partial charge in [0.25, 0.3) is 5.91 Å². The molecule has 2 aromatic carbocycles. The Kier molecular flexibility index (Phi) is 5.46. The molecular weight excluding hydrogens is 296 g/mol. The fourth-order valence-corrected chi connectivity index (χ4v) is 1.82. The van der Waals surface area contributed by atoms with E-state index in [9.17, 15) is 9.59 Å². The second-order valence-corrected chi connectivity index (χ2v) is 4.57. The van der Waals surface area contributed by atoms with Crippen molar-refractivity contribution >= 4 is 18.1 Å². The summed E-state index contributed by atoms with van der Waals surface area (Å²) in [6.45, 7) is 1.31. The topological polar surface area (TPSA) is 77.0 Å². The highest BCUT2D eigenvalue weighted by Crippen LogP contribution is 2.27. The second kappa shape index (κ2) is 7.74. The van der Waals surface area contributed by atoms with Gasteiger partial charge in [0.1, 0.15) is 0 Å². The predicted molar refractivity (Wildman–Crippen MR) is 85.8 cm³/mol. The molecule has 0 heterocycles. The summed E-state index contributed by atoms with van der Waals surface area (Å²) in [4.78, 5) is 22.8. The molecule has 0 unspecified atom stereocenters. The summed E-state index contributed by atoms with van der Waals surface area (Å²) in [5.41, 5.74) is 3.64. The molecule has 1 amide bonds. The van der Waals surface area contributed by atoms with Crippen molar-refractivity contribution in [2.45, 2.75) is 6.92 Å². The molecule has 1 N–H and O–H groups in total. The number of carbonyl (C=O) groups excluding carboxylic acids is 2. The van der Waals surface area contributed by atoms with Gasteiger partial charge in [-0.2, -0.15) is 5.10 Å². The van der Waals surface area contributed by atoms with E-state index in [0.717, 1.165) is 0 Å². The Morgan fingerprint density at radius 1 is 1.09 bits per heavy atom. The van der Waals surface area contributed by atoms with Crippen LogP contribution in [0, 0.1) is 0 Å². The number of benzene rings is 2. The summed E-state index contributed by atoms with van der Waals surface area (Å²) < 4.78 is 10.2. The highest BCUT2D eigenvalue weighted by Gasteiger charge is 2.07. The molecule has 0 spiro atoms. The van der Waals surface area contributed by atoms with Crippen molar-refractivity contribution < 1.29 is 19.1 Å². The predicted octanol–water partition coefficient (Wildman–Crippen LogP) is 2.38. The molecule has 0 atom stereocenters. The van der Waals surface area contributed by atoms with Crippen LogP contribution in [0.3, 0.4) is 0 Å². The summed E-state index contributed by atoms with van der Waals surface area (Å²) in [5.74, 6) is -0.00537. The van der Waals surface area contributed by atoms with Crippen LogP contribution in [-0.2, 0) is 4.79 Å². The highest BCUT2D eigenvalue weighted by atomic mass is 16.6. The summed E-state index contributed by atoms with van der Waals surface area (Å²) in [5, 5.41) is 3.90. The number of ether oxygens (including phenoxy) is 2. The van der Waals surface area contributed by atoms with Gasteiger partial charge in [0.2, 0.25) is 0 Å². The van der Waals surface area contributed by atoms with Gasteiger partial charge in [-0.1, -0.05) is 18.2 Å². The van der Waals surface area contributed by atoms with Gasteiger partial charge in [0.05, 0.1) is 13.3 Å². The SMILES string of the molecule is COc1cc(/C=N\NC(=O)c2ccccc2)ccc1OC(C)=O. The monoisotopic (exact) mass is 312 g/mol. The minimum absolute atomic E-state index is 0.301. The van der Waals surface area contributed by atoms with Crippen LogP contribution in [0.1, 0.15) is 22.8 Å². The number of hydrogen-bond donors (Lipinski definition) is 1. The van der Waals surface area contributed by atoms with Crippen LogP contribution < -0.4 is 14.9 Å². The standard InChI is InChI=1S/C17H16N2O4/c1-12(20)23-15-9-8-13(10-16(15)22-2)11-18-19-17(21)14-6-4-3-5-7-14/h3-11H,1-2H3,(H,19,21)/b18-11-. The molecule has 2 aromatic rings. The number of esters is 1. The highest BCUT2D eigenvalue weighted by molar-refractivity contribution is 5.94. The van der Waals surface area contributed by atoms with E-state index < -0.39 is 5.97 Å². The van der Waals surface area contributed by atoms with Crippen LogP contribution in [0.15, 0.2) is 53.6 Å². The average molecular weight is 312 g/mol. The summed E-state index contributed by atoms with van der Waals surface area (Å²) in [6.07, 6.45) is 1.47. The van der Waals surface area contributed by atoms with E-state index in [1.54, 1.807) is 42.5 Å². The van der Waals surface area contributed by atoms with Gasteiger partial charge in [0.15, 0.2) is 11.5 Å². The lowest BCUT2D eigenvalue weighted by Gasteiger charge is -2.08. The van der Waals surface area contributed by atoms with Gasteiger partial charge < -0.3 is 9.47 Å². The number of rotatable bonds is 5. The average Bonchev–Trinajstić information content (AvgIpc) is 2.56. The zero-order valence-electron chi connectivity index (χ0n) is 12.8. The number of amides is 1. The van der Waals surface area contributed by atoms with Crippen molar-refractivity contribution in [1.82, 2.24) is 5.43 Å². The molecule has 0 bridgehead atoms. The minimum atomic E-state index is -0.431. The third-order valence-corrected chi connectivity index (χ3v) is 2.86. The fraction of sp³-hybridized carbons (Fsp3) is 0.118. The van der Waals surface area contributed by atoms with Crippen molar-refractivity contribution in [3.63, 3.8) is 0 Å². The van der Waals surface area contributed by atoms with Gasteiger partial charge in [0, 0.05) is 12.5 Å². The van der Waals surface area contributed by atoms with Crippen LogP contribution in [-0.4, -0.2) is 25.2 Å². The number of nitrogens with zero attached hydrogens (tertiary/aromatic N) is 1. The van der Waals surface area contributed by atoms with Crippen molar-refractivity contribution in [3.05, 3.63) is 59.7 Å². The molecule has 6 heteroatoms. The molecule has 118 valence electrons. The molecule has 23 heavy (non-hydrogen) atoms. The first kappa shape index (κ1) is 16.2. The van der Waals surface area contributed by atoms with Gasteiger partial charge in [-0.05, 0) is 35.9 Å². The number of carbonyl (C=O) groups is 2. The molecule has 0 fully saturated rings. The number of hydrazone groups is 1. The first-order valence-electron chi connectivity index (χ1n) is 6.85. The van der Waals surface area contributed by atoms with Gasteiger partial charge in [-0.15, -0.1) is 0 Å². The molecule has 2 rings (SSSR count). The first-order valence-corrected chi connectivity index (χ1v) is 6.85. The maximum absolute atomic E-state index is 11.8. The van der Waals surface area contributed by atoms with E-state index in [1.165, 1.54) is 20.2 Å². The maximum Gasteiger partial charge on any atom is 0.308 e. The molecular formula is C17H16N2O4. The largest absolute Gasteiger partial charge is 0.493 e. The quantitative estimate of drug-likeness (QED) is 0.398. The van der Waals surface area contributed by atoms with Gasteiger partial charge in [-0.3, -0.25) is 9.59 Å². The van der Waals surface area contributed by atoms with Crippen LogP contribution >= 0.6 is 0 Å². The maximum atomic E-state index is 11.8. The smallest absolute Gasteiger partial charge is 0.308 e. The van der Waals surface area contributed by atoms with Crippen LogP contribution in [0.5, 0.6) is 11.5 Å². The Labute approximate surface area is 133 Å². The Hall–Kier alpha value is -3.15. The molecule has 6 nitrogen and oxygen atoms in total. The van der Waals surface area contributed by atoms with E-state index in [0.29, 0.717) is 22.6 Å². The Morgan fingerprint density at radius 2 is 1.83 bits per heavy atom. The van der Waals surface area contributed by atoms with Crippen molar-refractivity contribution in [1.29, 1.82) is 0 Å². The Bertz CT molecular complexity index is 727. The van der Waals surface area contributed by atoms with Crippen LogP contribution in [0.25, 0.3) is 0 Å². The molecule has 0 aliphatic carbocycles. The minimum Gasteiger partial charge on any atom is -0.493 e. The van der Waals surface area contributed by atoms with Crippen molar-refractivity contribution in [3.8, 4) is 11.5 Å². The number of methoxy groups -OCH3 is 1. The lowest BCUT2D eigenvalue weighted by molar-refractivity contribution is -0.132. The third kappa shape index (κ3) is 4.67. The zero-order chi connectivity index (χ0) is 16.7. The molecule has 0 aliphatic rings. The molecule has 0 aromatic heterocycles. The van der Waals surface area contributed by atoms with E-state index in [-0.39, 0.29) is 5.91 Å². The lowest BCUT2D eigenvalue weighted by atomic mass is 10.2. The third-order valence-electron chi connectivity index (χ3n) is 2.86. The summed E-state index contributed by atoms with van der Waals surface area (Å²) in [6, 6.07) is 13.7. The van der Waals surface area contributed by atoms with Crippen LogP contribution in [0.2, 0.25) is 0 Å². The zero-order valence-corrected chi connectivity index (χ0v) is 12.8. The van der Waals surface area contributed by atoms with E-state index in [4.69, 9.17) is 9.47 Å². The van der Waals surface area contributed by atoms with Crippen LogP contribution in [0.4, 0.5) is 0 Å². The van der Waals surface area contributed by atoms with Gasteiger partial charge >= 0.3 is 5.97 Å². The second-order valence-electron chi connectivity index (χ2n) is 4.57. The van der Waals surface area contributed by atoms with Gasteiger partial charge in [-0.25, -0.2) is 5.43 Å². The van der Waals surface area contributed by atoms with E-state index in [1.807, 2.05) is 6.07 Å². The molecule has 0 radical (unpaired) electrons. The molecule has 0 aliphatic heterocycles. The molecule has 0 saturated carbocycles. The lowest BCUT2D eigenvalue weighted by Crippen LogP contribution is -2.17. The number of hydrogen-bond acceptors (Lipinski definition) is 5. The number of nitrogens with one attached hydrogen (secondary N) is 1. The summed E-state index contributed by atoms with van der Waals surface area (Å²) in [7, 11) is 1.47. The molecule has 0 saturated heterocycles. The van der Waals surface area contributed by atoms with E-state index in [2.05, 4.69) is 10.5 Å². The van der Waals surface area contributed by atoms with Crippen molar-refractivity contribution in [2.75, 3.05) is 7.11 Å². The normalized spacial score (nSPS) is 10.3. The Morgan fingerprint density at radius 3 is 2.48 bits per heavy atom.